The molecule has 0 N–H and O–H groups in total. The van der Waals surface area contributed by atoms with Gasteiger partial charge < -0.3 is 28.4 Å². The Balaban J connectivity index is 2.63. The second-order valence-electron chi connectivity index (χ2n) is 6.02. The molecule has 8 nitrogen and oxygen atoms in total. The molecule has 0 unspecified atom stereocenters. The third kappa shape index (κ3) is 11.2. The number of carbonyl (C=O) groups is 2. The molecule has 0 aliphatic rings. The SMILES string of the molecule is CCOCCOCCOC(=O)c1cc(I)cc(C(=O)OC(COCC)COCC)c1. The van der Waals surface area contributed by atoms with Crippen molar-refractivity contribution in [1.29, 1.82) is 0 Å². The van der Waals surface area contributed by atoms with Crippen LogP contribution in [-0.4, -0.2) is 77.5 Å². The molecule has 0 amide bonds. The van der Waals surface area contributed by atoms with Crippen LogP contribution in [0, 0.1) is 3.57 Å². The summed E-state index contributed by atoms with van der Waals surface area (Å²) in [6, 6.07) is 4.75. The van der Waals surface area contributed by atoms with Gasteiger partial charge in [-0.05, 0) is 61.6 Å². The molecule has 0 saturated heterocycles. The summed E-state index contributed by atoms with van der Waals surface area (Å²) >= 11 is 2.04. The Kier molecular flexibility index (Phi) is 14.7. The van der Waals surface area contributed by atoms with Crippen molar-refractivity contribution < 1.29 is 38.0 Å². The molecular formula is C21H31IO8. The van der Waals surface area contributed by atoms with Crippen molar-refractivity contribution >= 4 is 34.5 Å². The van der Waals surface area contributed by atoms with Gasteiger partial charge in [-0.15, -0.1) is 0 Å². The highest BCUT2D eigenvalue weighted by molar-refractivity contribution is 14.1. The lowest BCUT2D eigenvalue weighted by Gasteiger charge is -2.18. The Hall–Kier alpha value is -1.27. The summed E-state index contributed by atoms with van der Waals surface area (Å²) in [5.41, 5.74) is 0.536. The molecule has 1 aromatic carbocycles. The summed E-state index contributed by atoms with van der Waals surface area (Å²) in [7, 11) is 0. The van der Waals surface area contributed by atoms with E-state index in [1.165, 1.54) is 6.07 Å². The topological polar surface area (TPSA) is 89.5 Å². The van der Waals surface area contributed by atoms with Gasteiger partial charge in [-0.25, -0.2) is 9.59 Å². The quantitative estimate of drug-likeness (QED) is 0.180. The second-order valence-corrected chi connectivity index (χ2v) is 7.27. The van der Waals surface area contributed by atoms with Gasteiger partial charge in [-0.3, -0.25) is 0 Å². The summed E-state index contributed by atoms with van der Waals surface area (Å²) in [5, 5.41) is 0. The number of halogens is 1. The first-order valence-electron chi connectivity index (χ1n) is 10.0. The van der Waals surface area contributed by atoms with E-state index in [4.69, 9.17) is 28.4 Å². The van der Waals surface area contributed by atoms with Crippen LogP contribution in [0.2, 0.25) is 0 Å². The first-order valence-corrected chi connectivity index (χ1v) is 11.1. The average Bonchev–Trinajstić information content (AvgIpc) is 2.74. The largest absolute Gasteiger partial charge is 0.460 e. The van der Waals surface area contributed by atoms with E-state index in [0.29, 0.717) is 36.6 Å². The average molecular weight is 538 g/mol. The van der Waals surface area contributed by atoms with E-state index in [9.17, 15) is 9.59 Å². The third-order valence-electron chi connectivity index (χ3n) is 3.70. The highest BCUT2D eigenvalue weighted by Gasteiger charge is 2.19. The fraction of sp³-hybridized carbons (Fsp3) is 0.619. The predicted molar refractivity (Wildman–Crippen MR) is 119 cm³/mol. The van der Waals surface area contributed by atoms with Crippen molar-refractivity contribution in [1.82, 2.24) is 0 Å². The molecular weight excluding hydrogens is 507 g/mol. The van der Waals surface area contributed by atoms with Crippen molar-refractivity contribution in [2.75, 3.05) is 59.5 Å². The molecule has 0 aliphatic carbocycles. The maximum atomic E-state index is 12.6. The summed E-state index contributed by atoms with van der Waals surface area (Å²) in [6.07, 6.45) is -0.528. The molecule has 30 heavy (non-hydrogen) atoms. The first kappa shape index (κ1) is 26.8. The molecule has 170 valence electrons. The van der Waals surface area contributed by atoms with Crippen molar-refractivity contribution in [3.05, 3.63) is 32.9 Å². The van der Waals surface area contributed by atoms with E-state index < -0.39 is 18.0 Å². The lowest BCUT2D eigenvalue weighted by molar-refractivity contribution is -0.0363. The minimum atomic E-state index is -0.550. The Morgan fingerprint density at radius 3 is 1.90 bits per heavy atom. The van der Waals surface area contributed by atoms with Gasteiger partial charge in [0, 0.05) is 23.4 Å². The Labute approximate surface area is 191 Å². The molecule has 1 aromatic rings. The Morgan fingerprint density at radius 1 is 0.767 bits per heavy atom. The van der Waals surface area contributed by atoms with Crippen LogP contribution in [0.5, 0.6) is 0 Å². The number of rotatable bonds is 16. The lowest BCUT2D eigenvalue weighted by Crippen LogP contribution is -2.29. The van der Waals surface area contributed by atoms with Gasteiger partial charge >= 0.3 is 11.9 Å². The van der Waals surface area contributed by atoms with Crippen LogP contribution >= 0.6 is 22.6 Å². The summed E-state index contributed by atoms with van der Waals surface area (Å²) in [6.45, 7) is 9.09. The molecule has 0 saturated carbocycles. The van der Waals surface area contributed by atoms with Crippen molar-refractivity contribution in [3.8, 4) is 0 Å². The Morgan fingerprint density at radius 2 is 1.30 bits per heavy atom. The first-order chi connectivity index (χ1) is 14.5. The second kappa shape index (κ2) is 16.4. The van der Waals surface area contributed by atoms with Crippen LogP contribution in [0.15, 0.2) is 18.2 Å². The number of carbonyl (C=O) groups excluding carboxylic acids is 2. The number of hydrogen-bond acceptors (Lipinski definition) is 8. The van der Waals surface area contributed by atoms with E-state index in [0.717, 1.165) is 0 Å². The van der Waals surface area contributed by atoms with E-state index in [2.05, 4.69) is 0 Å². The van der Waals surface area contributed by atoms with Gasteiger partial charge in [0.05, 0.1) is 44.2 Å². The van der Waals surface area contributed by atoms with Crippen molar-refractivity contribution in [2.24, 2.45) is 0 Å². The summed E-state index contributed by atoms with van der Waals surface area (Å²) in [5.74, 6) is -1.08. The zero-order chi connectivity index (χ0) is 22.2. The molecule has 1 rings (SSSR count). The predicted octanol–water partition coefficient (Wildman–Crippen LogP) is 3.10. The molecule has 0 spiro atoms. The van der Waals surface area contributed by atoms with E-state index in [-0.39, 0.29) is 37.6 Å². The van der Waals surface area contributed by atoms with Crippen LogP contribution < -0.4 is 0 Å². The molecule has 0 aliphatic heterocycles. The maximum absolute atomic E-state index is 12.6. The molecule has 0 radical (unpaired) electrons. The van der Waals surface area contributed by atoms with Crippen molar-refractivity contribution in [3.63, 3.8) is 0 Å². The van der Waals surface area contributed by atoms with Gasteiger partial charge in [0.2, 0.25) is 0 Å². The third-order valence-corrected chi connectivity index (χ3v) is 4.32. The normalized spacial score (nSPS) is 11.0. The smallest absolute Gasteiger partial charge is 0.338 e. The molecule has 0 heterocycles. The van der Waals surface area contributed by atoms with Crippen LogP contribution in [0.25, 0.3) is 0 Å². The van der Waals surface area contributed by atoms with Gasteiger partial charge in [-0.1, -0.05) is 0 Å². The number of ether oxygens (including phenoxy) is 6. The zero-order valence-electron chi connectivity index (χ0n) is 17.8. The molecule has 9 heteroatoms. The highest BCUT2D eigenvalue weighted by atomic mass is 127. The lowest BCUT2D eigenvalue weighted by atomic mass is 10.1. The van der Waals surface area contributed by atoms with Gasteiger partial charge in [0.15, 0.2) is 0 Å². The van der Waals surface area contributed by atoms with Gasteiger partial charge in [0.25, 0.3) is 0 Å². The van der Waals surface area contributed by atoms with E-state index in [1.54, 1.807) is 12.1 Å². The van der Waals surface area contributed by atoms with E-state index in [1.807, 2.05) is 43.4 Å². The standard InChI is InChI=1S/C21H31IO8/c1-4-25-7-8-28-9-10-29-20(23)16-11-17(13-18(22)12-16)21(24)30-19(14-26-5-2)15-27-6-3/h11-13,19H,4-10,14-15H2,1-3H3. The van der Waals surface area contributed by atoms with Gasteiger partial charge in [0.1, 0.15) is 12.7 Å². The minimum absolute atomic E-state index is 0.112. The summed E-state index contributed by atoms with van der Waals surface area (Å²) < 4.78 is 32.6. The maximum Gasteiger partial charge on any atom is 0.338 e. The van der Waals surface area contributed by atoms with Crippen LogP contribution in [0.3, 0.4) is 0 Å². The molecule has 0 fully saturated rings. The number of hydrogen-bond donors (Lipinski definition) is 0. The fourth-order valence-electron chi connectivity index (χ4n) is 2.30. The summed E-state index contributed by atoms with van der Waals surface area (Å²) in [4.78, 5) is 24.9. The van der Waals surface area contributed by atoms with Crippen molar-refractivity contribution in [2.45, 2.75) is 26.9 Å². The van der Waals surface area contributed by atoms with E-state index >= 15 is 0 Å². The molecule has 0 atom stereocenters. The van der Waals surface area contributed by atoms with Gasteiger partial charge in [-0.2, -0.15) is 0 Å². The highest BCUT2D eigenvalue weighted by Crippen LogP contribution is 2.16. The number of esters is 2. The monoisotopic (exact) mass is 538 g/mol. The molecule has 0 aromatic heterocycles. The van der Waals surface area contributed by atoms with Crippen LogP contribution in [0.4, 0.5) is 0 Å². The molecule has 0 bridgehead atoms. The fourth-order valence-corrected chi connectivity index (χ4v) is 2.97. The van der Waals surface area contributed by atoms with Crippen LogP contribution in [-0.2, 0) is 28.4 Å². The number of benzene rings is 1. The van der Waals surface area contributed by atoms with Crippen LogP contribution in [0.1, 0.15) is 41.5 Å². The minimum Gasteiger partial charge on any atom is -0.460 e. The Bertz CT molecular complexity index is 629. The zero-order valence-corrected chi connectivity index (χ0v) is 20.0.